The van der Waals surface area contributed by atoms with Gasteiger partial charge in [-0.15, -0.1) is 0 Å². The van der Waals surface area contributed by atoms with Crippen LogP contribution in [0.2, 0.25) is 0 Å². The Bertz CT molecular complexity index is 1190. The summed E-state index contributed by atoms with van der Waals surface area (Å²) < 4.78 is 13.5. The highest BCUT2D eigenvalue weighted by Crippen LogP contribution is 2.36. The maximum absolute atomic E-state index is 13.5. The molecule has 3 nitrogen and oxygen atoms in total. The van der Waals surface area contributed by atoms with Gasteiger partial charge < -0.3 is 4.90 Å². The second-order valence-electron chi connectivity index (χ2n) is 7.46. The first-order valence-electron chi connectivity index (χ1n) is 10.4. The molecule has 160 valence electrons. The molecule has 0 aliphatic heterocycles. The molecule has 0 saturated carbocycles. The van der Waals surface area contributed by atoms with E-state index in [1.54, 1.807) is 43.5 Å². The molecule has 0 atom stereocenters. The average molecular weight is 424 g/mol. The summed E-state index contributed by atoms with van der Waals surface area (Å²) in [6.07, 6.45) is 12.6. The second kappa shape index (κ2) is 10.4. The number of aromatic nitrogens is 1. The molecule has 32 heavy (non-hydrogen) atoms. The van der Waals surface area contributed by atoms with Crippen molar-refractivity contribution in [1.82, 2.24) is 4.98 Å². The van der Waals surface area contributed by atoms with Gasteiger partial charge in [-0.05, 0) is 72.9 Å². The molecule has 1 aromatic heterocycles. The molecule has 0 unspecified atom stereocenters. The number of hydrogen-bond donors (Lipinski definition) is 0. The number of fused-ring (bicyclic) bond motifs is 1. The van der Waals surface area contributed by atoms with Crippen LogP contribution in [-0.4, -0.2) is 12.0 Å². The number of pyridine rings is 1. The average Bonchev–Trinajstić information content (AvgIpc) is 2.83. The van der Waals surface area contributed by atoms with Gasteiger partial charge in [0.25, 0.3) is 0 Å². The Morgan fingerprint density at radius 1 is 1.19 bits per heavy atom. The van der Waals surface area contributed by atoms with Gasteiger partial charge in [-0.1, -0.05) is 43.5 Å². The standard InChI is InChI=1S/C28H26FN3/c1-5-7-10-25(20(3)19-30)21(6-2)18-26-27(16-11-22-9-8-17-31-28(22)26)32(4)24-14-12-23(29)13-15-24/h5-10,12-15,17-18H,1-2,11,16H2,3-4H3/b10-7-,21-18+,25-20-. The molecule has 0 spiro atoms. The lowest BCUT2D eigenvalue weighted by Crippen LogP contribution is -2.22. The normalized spacial score (nSPS) is 14.5. The van der Waals surface area contributed by atoms with Crippen molar-refractivity contribution in [3.8, 4) is 6.07 Å². The van der Waals surface area contributed by atoms with Crippen molar-refractivity contribution in [3.05, 3.63) is 126 Å². The highest BCUT2D eigenvalue weighted by molar-refractivity contribution is 5.83. The van der Waals surface area contributed by atoms with Gasteiger partial charge in [0.1, 0.15) is 5.82 Å². The third-order valence-electron chi connectivity index (χ3n) is 5.51. The summed E-state index contributed by atoms with van der Waals surface area (Å²) in [5.74, 6) is -0.267. The van der Waals surface area contributed by atoms with Gasteiger partial charge in [0.05, 0.1) is 11.8 Å². The molecule has 0 bridgehead atoms. The molecule has 1 heterocycles. The van der Waals surface area contributed by atoms with E-state index in [4.69, 9.17) is 0 Å². The molecule has 1 aliphatic rings. The van der Waals surface area contributed by atoms with Crippen molar-refractivity contribution >= 4 is 11.3 Å². The van der Waals surface area contributed by atoms with Crippen LogP contribution in [0, 0.1) is 17.1 Å². The molecule has 0 saturated heterocycles. The van der Waals surface area contributed by atoms with Crippen LogP contribution in [0.15, 0.2) is 109 Å². The van der Waals surface area contributed by atoms with E-state index in [2.05, 4.69) is 35.2 Å². The molecule has 0 N–H and O–H groups in total. The molecule has 2 aromatic rings. The lowest BCUT2D eigenvalue weighted by atomic mass is 9.89. The first-order valence-corrected chi connectivity index (χ1v) is 10.4. The molecule has 0 radical (unpaired) electrons. The minimum atomic E-state index is -0.267. The van der Waals surface area contributed by atoms with Crippen LogP contribution in [0.1, 0.15) is 24.6 Å². The number of benzene rings is 1. The number of anilines is 1. The van der Waals surface area contributed by atoms with Gasteiger partial charge >= 0.3 is 0 Å². The van der Waals surface area contributed by atoms with Crippen LogP contribution in [0.3, 0.4) is 0 Å². The van der Waals surface area contributed by atoms with Gasteiger partial charge in [0.15, 0.2) is 0 Å². The van der Waals surface area contributed by atoms with Crippen molar-refractivity contribution in [2.75, 3.05) is 11.9 Å². The Morgan fingerprint density at radius 2 is 1.94 bits per heavy atom. The highest BCUT2D eigenvalue weighted by atomic mass is 19.1. The van der Waals surface area contributed by atoms with E-state index in [-0.39, 0.29) is 5.82 Å². The molecule has 3 rings (SSSR count). The smallest absolute Gasteiger partial charge is 0.123 e. The van der Waals surface area contributed by atoms with Crippen LogP contribution in [0.25, 0.3) is 5.57 Å². The number of allylic oxidation sites excluding steroid dienone is 10. The minimum absolute atomic E-state index is 0.267. The predicted molar refractivity (Wildman–Crippen MR) is 130 cm³/mol. The number of hydrogen-bond acceptors (Lipinski definition) is 3. The minimum Gasteiger partial charge on any atom is -0.347 e. The first kappa shape index (κ1) is 22.7. The van der Waals surface area contributed by atoms with Crippen LogP contribution < -0.4 is 4.90 Å². The summed E-state index contributed by atoms with van der Waals surface area (Å²) in [7, 11) is 1.98. The fourth-order valence-corrected chi connectivity index (χ4v) is 3.79. The summed E-state index contributed by atoms with van der Waals surface area (Å²) in [4.78, 5) is 6.75. The Labute approximate surface area is 189 Å². The van der Waals surface area contributed by atoms with Crippen LogP contribution in [0.5, 0.6) is 0 Å². The SMILES string of the molecule is C=C\C=C/C(=C(\C)C#N)C(/C=C)=C/C1=C(N(C)c2ccc(F)cc2)CCc2cccnc21. The maximum atomic E-state index is 13.5. The zero-order valence-corrected chi connectivity index (χ0v) is 18.5. The van der Waals surface area contributed by atoms with Crippen molar-refractivity contribution in [2.24, 2.45) is 0 Å². The van der Waals surface area contributed by atoms with Crippen molar-refractivity contribution in [1.29, 1.82) is 5.26 Å². The lowest BCUT2D eigenvalue weighted by molar-refractivity contribution is 0.628. The summed E-state index contributed by atoms with van der Waals surface area (Å²) in [5.41, 5.74) is 7.18. The zero-order chi connectivity index (χ0) is 23.1. The van der Waals surface area contributed by atoms with E-state index in [0.717, 1.165) is 46.6 Å². The fraction of sp³-hybridized carbons (Fsp3) is 0.143. The van der Waals surface area contributed by atoms with E-state index in [1.807, 2.05) is 25.3 Å². The number of halogens is 1. The molecular formula is C28H26FN3. The Kier molecular flexibility index (Phi) is 7.36. The van der Waals surface area contributed by atoms with Crippen molar-refractivity contribution in [2.45, 2.75) is 19.8 Å². The molecular weight excluding hydrogens is 397 g/mol. The molecule has 1 aliphatic carbocycles. The van der Waals surface area contributed by atoms with Gasteiger partial charge in [-0.25, -0.2) is 4.39 Å². The van der Waals surface area contributed by atoms with Crippen molar-refractivity contribution < 1.29 is 4.39 Å². The van der Waals surface area contributed by atoms with Crippen LogP contribution in [-0.2, 0) is 6.42 Å². The number of nitrogens with zero attached hydrogens (tertiary/aromatic N) is 3. The van der Waals surface area contributed by atoms with E-state index < -0.39 is 0 Å². The van der Waals surface area contributed by atoms with E-state index in [0.29, 0.717) is 5.57 Å². The highest BCUT2D eigenvalue weighted by Gasteiger charge is 2.22. The van der Waals surface area contributed by atoms with Crippen LogP contribution >= 0.6 is 0 Å². The number of nitriles is 1. The second-order valence-corrected chi connectivity index (χ2v) is 7.46. The largest absolute Gasteiger partial charge is 0.347 e. The summed E-state index contributed by atoms with van der Waals surface area (Å²) in [6.45, 7) is 9.51. The Hall–Kier alpha value is -3.97. The van der Waals surface area contributed by atoms with Gasteiger partial charge in [-0.2, -0.15) is 5.26 Å². The van der Waals surface area contributed by atoms with Gasteiger partial charge in [0.2, 0.25) is 0 Å². The third kappa shape index (κ3) is 4.84. The quantitative estimate of drug-likeness (QED) is 0.367. The monoisotopic (exact) mass is 423 g/mol. The molecule has 0 fully saturated rings. The summed E-state index contributed by atoms with van der Waals surface area (Å²) >= 11 is 0. The maximum Gasteiger partial charge on any atom is 0.123 e. The van der Waals surface area contributed by atoms with Crippen molar-refractivity contribution in [3.63, 3.8) is 0 Å². The first-order chi connectivity index (χ1) is 15.5. The molecule has 0 amide bonds. The Balaban J connectivity index is 2.25. The van der Waals surface area contributed by atoms with E-state index in [9.17, 15) is 9.65 Å². The zero-order valence-electron chi connectivity index (χ0n) is 18.5. The van der Waals surface area contributed by atoms with Crippen LogP contribution in [0.4, 0.5) is 10.1 Å². The van der Waals surface area contributed by atoms with E-state index >= 15 is 0 Å². The summed E-state index contributed by atoms with van der Waals surface area (Å²) in [6, 6.07) is 12.7. The van der Waals surface area contributed by atoms with E-state index in [1.165, 1.54) is 17.7 Å². The third-order valence-corrected chi connectivity index (χ3v) is 5.51. The Morgan fingerprint density at radius 3 is 2.59 bits per heavy atom. The topological polar surface area (TPSA) is 39.9 Å². The van der Waals surface area contributed by atoms with Gasteiger partial charge in [-0.3, -0.25) is 4.98 Å². The number of rotatable bonds is 7. The molecule has 4 heteroatoms. The molecule has 1 aromatic carbocycles. The van der Waals surface area contributed by atoms with Gasteiger partial charge in [0, 0.05) is 35.8 Å². The number of aryl methyl sites for hydroxylation is 1. The predicted octanol–water partition coefficient (Wildman–Crippen LogP) is 6.71. The fourth-order valence-electron chi connectivity index (χ4n) is 3.79. The lowest BCUT2D eigenvalue weighted by Gasteiger charge is -2.29. The summed E-state index contributed by atoms with van der Waals surface area (Å²) in [5, 5.41) is 9.53.